The molecule has 1 aliphatic rings. The lowest BCUT2D eigenvalue weighted by Crippen LogP contribution is -2.53. The van der Waals surface area contributed by atoms with Crippen molar-refractivity contribution in [2.45, 2.75) is 19.9 Å². The molecule has 0 radical (unpaired) electrons. The molecule has 1 atom stereocenters. The summed E-state index contributed by atoms with van der Waals surface area (Å²) in [5.74, 6) is 1.34. The van der Waals surface area contributed by atoms with Gasteiger partial charge in [0.25, 0.3) is 0 Å². The molecule has 0 saturated carbocycles. The largest absolute Gasteiger partial charge is 0.495 e. The average Bonchev–Trinajstić information content (AvgIpc) is 2.38. The smallest absolute Gasteiger partial charge is 0.137 e. The number of hydrogen-bond acceptors (Lipinski definition) is 3. The van der Waals surface area contributed by atoms with Crippen molar-refractivity contribution < 1.29 is 4.74 Å². The molecule has 1 heterocycles. The molecule has 0 bridgehead atoms. The Morgan fingerprint density at radius 1 is 1.44 bits per heavy atom. The van der Waals surface area contributed by atoms with Crippen LogP contribution in [0.1, 0.15) is 13.8 Å². The summed E-state index contributed by atoms with van der Waals surface area (Å²) in [6.45, 7) is 7.59. The second-order valence-corrected chi connectivity index (χ2v) is 5.43. The molecule has 0 aliphatic carbocycles. The van der Waals surface area contributed by atoms with Crippen molar-refractivity contribution >= 4 is 17.3 Å². The molecule has 0 spiro atoms. The van der Waals surface area contributed by atoms with Crippen LogP contribution >= 0.6 is 11.6 Å². The van der Waals surface area contributed by atoms with Gasteiger partial charge in [0.1, 0.15) is 5.75 Å². The Kier molecular flexibility index (Phi) is 4.36. The van der Waals surface area contributed by atoms with Gasteiger partial charge >= 0.3 is 0 Å². The predicted octanol–water partition coefficient (Wildman–Crippen LogP) is 2.78. The first-order valence-corrected chi connectivity index (χ1v) is 6.82. The van der Waals surface area contributed by atoms with Gasteiger partial charge in [-0.3, -0.25) is 0 Å². The Labute approximate surface area is 114 Å². The summed E-state index contributed by atoms with van der Waals surface area (Å²) < 4.78 is 5.20. The molecule has 100 valence electrons. The van der Waals surface area contributed by atoms with Crippen LogP contribution in [-0.4, -0.2) is 32.8 Å². The number of nitrogens with zero attached hydrogens (tertiary/aromatic N) is 1. The van der Waals surface area contributed by atoms with Crippen molar-refractivity contribution in [2.24, 2.45) is 5.92 Å². The number of halogens is 1. The molecule has 2 rings (SSSR count). The summed E-state index contributed by atoms with van der Waals surface area (Å²) in [6, 6.07) is 6.55. The first-order chi connectivity index (χ1) is 8.63. The van der Waals surface area contributed by atoms with Crippen LogP contribution in [0.2, 0.25) is 5.02 Å². The van der Waals surface area contributed by atoms with E-state index in [4.69, 9.17) is 16.3 Å². The SMILES string of the molecule is COc1ccc(N2CCNCC2C(C)C)cc1Cl. The normalized spacial score (nSPS) is 20.3. The number of piperazine rings is 1. The predicted molar refractivity (Wildman–Crippen MR) is 76.8 cm³/mol. The third kappa shape index (κ3) is 2.73. The number of hydrogen-bond donors (Lipinski definition) is 1. The van der Waals surface area contributed by atoms with Crippen LogP contribution in [0.25, 0.3) is 0 Å². The van der Waals surface area contributed by atoms with E-state index in [0.29, 0.717) is 17.0 Å². The van der Waals surface area contributed by atoms with E-state index in [1.54, 1.807) is 7.11 Å². The number of benzene rings is 1. The number of rotatable bonds is 3. The number of nitrogens with one attached hydrogen (secondary N) is 1. The number of ether oxygens (including phenoxy) is 1. The third-order valence-electron chi connectivity index (χ3n) is 3.52. The minimum atomic E-state index is 0.517. The maximum absolute atomic E-state index is 6.21. The summed E-state index contributed by atoms with van der Waals surface area (Å²) in [7, 11) is 1.64. The maximum atomic E-state index is 6.21. The lowest BCUT2D eigenvalue weighted by Gasteiger charge is -2.40. The Bertz CT molecular complexity index is 409. The molecule has 1 N–H and O–H groups in total. The van der Waals surface area contributed by atoms with E-state index in [-0.39, 0.29) is 0 Å². The van der Waals surface area contributed by atoms with Gasteiger partial charge in [0.2, 0.25) is 0 Å². The molecule has 1 aromatic rings. The van der Waals surface area contributed by atoms with Gasteiger partial charge in [-0.15, -0.1) is 0 Å². The van der Waals surface area contributed by atoms with E-state index in [1.807, 2.05) is 12.1 Å². The molecule has 18 heavy (non-hydrogen) atoms. The Morgan fingerprint density at radius 2 is 2.22 bits per heavy atom. The quantitative estimate of drug-likeness (QED) is 0.912. The first-order valence-electron chi connectivity index (χ1n) is 6.44. The van der Waals surface area contributed by atoms with Gasteiger partial charge in [-0.25, -0.2) is 0 Å². The fourth-order valence-electron chi connectivity index (χ4n) is 2.48. The highest BCUT2D eigenvalue weighted by atomic mass is 35.5. The van der Waals surface area contributed by atoms with Gasteiger partial charge in [0.05, 0.1) is 12.1 Å². The second kappa shape index (κ2) is 5.81. The molecule has 3 nitrogen and oxygen atoms in total. The standard InChI is InChI=1S/C14H21ClN2O/c1-10(2)13-9-16-6-7-17(13)11-4-5-14(18-3)12(15)8-11/h4-5,8,10,13,16H,6-7,9H2,1-3H3. The van der Waals surface area contributed by atoms with Crippen molar-refractivity contribution in [3.05, 3.63) is 23.2 Å². The maximum Gasteiger partial charge on any atom is 0.137 e. The Morgan fingerprint density at radius 3 is 2.83 bits per heavy atom. The van der Waals surface area contributed by atoms with Crippen LogP contribution in [0.4, 0.5) is 5.69 Å². The van der Waals surface area contributed by atoms with Gasteiger partial charge < -0.3 is 15.0 Å². The van der Waals surface area contributed by atoms with Crippen molar-refractivity contribution in [1.29, 1.82) is 0 Å². The van der Waals surface area contributed by atoms with Gasteiger partial charge in [-0.2, -0.15) is 0 Å². The topological polar surface area (TPSA) is 24.5 Å². The highest BCUT2D eigenvalue weighted by Gasteiger charge is 2.25. The van der Waals surface area contributed by atoms with Crippen LogP contribution in [0.5, 0.6) is 5.75 Å². The molecule has 1 fully saturated rings. The zero-order valence-electron chi connectivity index (χ0n) is 11.2. The number of methoxy groups -OCH3 is 1. The molecular formula is C14H21ClN2O. The van der Waals surface area contributed by atoms with Crippen LogP contribution in [0.3, 0.4) is 0 Å². The van der Waals surface area contributed by atoms with E-state index < -0.39 is 0 Å². The number of anilines is 1. The van der Waals surface area contributed by atoms with Crippen LogP contribution in [0.15, 0.2) is 18.2 Å². The summed E-state index contributed by atoms with van der Waals surface area (Å²) in [5.41, 5.74) is 1.18. The molecule has 4 heteroatoms. The van der Waals surface area contributed by atoms with Crippen LogP contribution in [0, 0.1) is 5.92 Å². The molecule has 1 saturated heterocycles. The molecular weight excluding hydrogens is 248 g/mol. The molecule has 1 unspecified atom stereocenters. The van der Waals surface area contributed by atoms with Gasteiger partial charge in [0, 0.05) is 31.4 Å². The molecule has 1 aromatic carbocycles. The highest BCUT2D eigenvalue weighted by molar-refractivity contribution is 6.32. The van der Waals surface area contributed by atoms with Crippen molar-refractivity contribution in [1.82, 2.24) is 5.32 Å². The first kappa shape index (κ1) is 13.5. The lowest BCUT2D eigenvalue weighted by atomic mass is 10.00. The molecule has 0 aromatic heterocycles. The van der Waals surface area contributed by atoms with E-state index in [1.165, 1.54) is 5.69 Å². The van der Waals surface area contributed by atoms with E-state index in [0.717, 1.165) is 25.4 Å². The fourth-order valence-corrected chi connectivity index (χ4v) is 2.73. The van der Waals surface area contributed by atoms with Crippen LogP contribution in [-0.2, 0) is 0 Å². The van der Waals surface area contributed by atoms with E-state index in [2.05, 4.69) is 30.1 Å². The zero-order valence-corrected chi connectivity index (χ0v) is 12.0. The average molecular weight is 269 g/mol. The van der Waals surface area contributed by atoms with Crippen molar-refractivity contribution in [2.75, 3.05) is 31.6 Å². The minimum absolute atomic E-state index is 0.517. The third-order valence-corrected chi connectivity index (χ3v) is 3.82. The minimum Gasteiger partial charge on any atom is -0.495 e. The fraction of sp³-hybridized carbons (Fsp3) is 0.571. The summed E-state index contributed by atoms with van der Waals surface area (Å²) >= 11 is 6.21. The summed E-state index contributed by atoms with van der Waals surface area (Å²) in [5, 5.41) is 4.13. The van der Waals surface area contributed by atoms with E-state index in [9.17, 15) is 0 Å². The van der Waals surface area contributed by atoms with Crippen molar-refractivity contribution in [3.8, 4) is 5.75 Å². The van der Waals surface area contributed by atoms with Crippen LogP contribution < -0.4 is 15.0 Å². The lowest BCUT2D eigenvalue weighted by molar-refractivity contribution is 0.390. The zero-order chi connectivity index (χ0) is 13.1. The Hall–Kier alpha value is -0.930. The monoisotopic (exact) mass is 268 g/mol. The highest BCUT2D eigenvalue weighted by Crippen LogP contribution is 2.31. The molecule has 0 amide bonds. The van der Waals surface area contributed by atoms with Gasteiger partial charge in [0.15, 0.2) is 0 Å². The van der Waals surface area contributed by atoms with Crippen molar-refractivity contribution in [3.63, 3.8) is 0 Å². The Balaban J connectivity index is 2.25. The van der Waals surface area contributed by atoms with Gasteiger partial charge in [-0.1, -0.05) is 25.4 Å². The van der Waals surface area contributed by atoms with E-state index >= 15 is 0 Å². The second-order valence-electron chi connectivity index (χ2n) is 5.03. The van der Waals surface area contributed by atoms with Gasteiger partial charge in [-0.05, 0) is 24.1 Å². The summed E-state index contributed by atoms with van der Waals surface area (Å²) in [6.07, 6.45) is 0. The molecule has 1 aliphatic heterocycles. The summed E-state index contributed by atoms with van der Waals surface area (Å²) in [4.78, 5) is 2.44.